The minimum absolute atomic E-state index is 0.0110. The topological polar surface area (TPSA) is 60.9 Å². The summed E-state index contributed by atoms with van der Waals surface area (Å²) in [5, 5.41) is 8.76. The number of amides is 2. The first-order chi connectivity index (χ1) is 6.02. The van der Waals surface area contributed by atoms with Crippen molar-refractivity contribution in [3.63, 3.8) is 0 Å². The molecule has 1 N–H and O–H groups in total. The Kier molecular flexibility index (Phi) is 2.75. The zero-order valence-corrected chi connectivity index (χ0v) is 7.86. The van der Waals surface area contributed by atoms with E-state index in [-0.39, 0.29) is 11.9 Å². The maximum Gasteiger partial charge on any atom is 0.407 e. The lowest BCUT2D eigenvalue weighted by molar-refractivity contribution is -0.131. The average molecular weight is 186 g/mol. The summed E-state index contributed by atoms with van der Waals surface area (Å²) in [6, 6.07) is -0.102. The Labute approximate surface area is 76.9 Å². The molecule has 74 valence electrons. The Morgan fingerprint density at radius 3 is 2.38 bits per heavy atom. The number of nitrogens with zero attached hydrogens (tertiary/aromatic N) is 2. The highest BCUT2D eigenvalue weighted by molar-refractivity contribution is 5.74. The van der Waals surface area contributed by atoms with Gasteiger partial charge in [-0.05, 0) is 6.92 Å². The molecule has 1 aliphatic heterocycles. The third-order valence-electron chi connectivity index (χ3n) is 2.32. The molecular formula is C8H14N2O3. The molecule has 2 amide bonds. The summed E-state index contributed by atoms with van der Waals surface area (Å²) in [6.45, 7) is 4.73. The highest BCUT2D eigenvalue weighted by atomic mass is 16.4. The summed E-state index contributed by atoms with van der Waals surface area (Å²) in [5.41, 5.74) is 0. The molecule has 1 fully saturated rings. The van der Waals surface area contributed by atoms with E-state index in [1.54, 1.807) is 4.90 Å². The minimum atomic E-state index is -0.907. The van der Waals surface area contributed by atoms with Crippen LogP contribution in [-0.2, 0) is 4.79 Å². The maximum atomic E-state index is 11.0. The van der Waals surface area contributed by atoms with E-state index in [9.17, 15) is 9.59 Å². The van der Waals surface area contributed by atoms with Gasteiger partial charge < -0.3 is 14.9 Å². The van der Waals surface area contributed by atoms with Crippen LogP contribution in [0.1, 0.15) is 13.8 Å². The molecule has 0 aliphatic carbocycles. The van der Waals surface area contributed by atoms with Gasteiger partial charge in [0.2, 0.25) is 5.91 Å². The fourth-order valence-corrected chi connectivity index (χ4v) is 1.53. The fourth-order valence-electron chi connectivity index (χ4n) is 1.53. The van der Waals surface area contributed by atoms with E-state index in [0.29, 0.717) is 19.6 Å². The van der Waals surface area contributed by atoms with E-state index in [1.165, 1.54) is 11.8 Å². The Morgan fingerprint density at radius 2 is 2.00 bits per heavy atom. The average Bonchev–Trinajstić information content (AvgIpc) is 2.03. The van der Waals surface area contributed by atoms with Crippen LogP contribution in [0.2, 0.25) is 0 Å². The van der Waals surface area contributed by atoms with Gasteiger partial charge in [0, 0.05) is 32.6 Å². The quantitative estimate of drug-likeness (QED) is 0.588. The lowest BCUT2D eigenvalue weighted by atomic mass is 10.2. The van der Waals surface area contributed by atoms with Crippen LogP contribution < -0.4 is 0 Å². The van der Waals surface area contributed by atoms with Gasteiger partial charge in [0.05, 0.1) is 0 Å². The number of hydrogen-bond donors (Lipinski definition) is 1. The molecule has 0 bridgehead atoms. The summed E-state index contributed by atoms with van der Waals surface area (Å²) in [4.78, 5) is 24.7. The summed E-state index contributed by atoms with van der Waals surface area (Å²) in [5.74, 6) is 0.0110. The molecule has 0 aromatic rings. The molecule has 1 atom stereocenters. The normalized spacial score (nSPS) is 23.1. The van der Waals surface area contributed by atoms with Crippen molar-refractivity contribution in [3.05, 3.63) is 0 Å². The first-order valence-electron chi connectivity index (χ1n) is 4.27. The molecule has 0 spiro atoms. The van der Waals surface area contributed by atoms with Gasteiger partial charge in [-0.25, -0.2) is 4.79 Å². The largest absolute Gasteiger partial charge is 0.465 e. The molecule has 5 heteroatoms. The number of carbonyl (C=O) groups excluding carboxylic acids is 1. The van der Waals surface area contributed by atoms with Crippen LogP contribution in [0.15, 0.2) is 0 Å². The third kappa shape index (κ3) is 2.11. The highest BCUT2D eigenvalue weighted by Crippen LogP contribution is 2.09. The first kappa shape index (κ1) is 9.83. The monoisotopic (exact) mass is 186 g/mol. The molecule has 1 unspecified atom stereocenters. The van der Waals surface area contributed by atoms with E-state index >= 15 is 0 Å². The standard InChI is InChI=1S/C8H14N2O3/c1-6-5-9(7(2)11)3-4-10(6)8(12)13/h6H,3-5H2,1-2H3,(H,12,13). The lowest BCUT2D eigenvalue weighted by Gasteiger charge is -2.37. The first-order valence-corrected chi connectivity index (χ1v) is 4.27. The van der Waals surface area contributed by atoms with E-state index in [2.05, 4.69) is 0 Å². The number of rotatable bonds is 0. The number of piperazine rings is 1. The van der Waals surface area contributed by atoms with Crippen LogP contribution in [0.5, 0.6) is 0 Å². The fraction of sp³-hybridized carbons (Fsp3) is 0.750. The van der Waals surface area contributed by atoms with Crippen molar-refractivity contribution in [1.29, 1.82) is 0 Å². The van der Waals surface area contributed by atoms with Crippen LogP contribution >= 0.6 is 0 Å². The van der Waals surface area contributed by atoms with Crippen LogP contribution in [0.3, 0.4) is 0 Å². The van der Waals surface area contributed by atoms with E-state index in [4.69, 9.17) is 5.11 Å². The number of carbonyl (C=O) groups is 2. The predicted octanol–water partition coefficient (Wildman–Crippen LogP) is 0.217. The van der Waals surface area contributed by atoms with Gasteiger partial charge in [-0.2, -0.15) is 0 Å². The van der Waals surface area contributed by atoms with Gasteiger partial charge in [-0.3, -0.25) is 4.79 Å². The van der Waals surface area contributed by atoms with Crippen molar-refractivity contribution in [1.82, 2.24) is 9.80 Å². The minimum Gasteiger partial charge on any atom is -0.465 e. The van der Waals surface area contributed by atoms with Crippen LogP contribution in [0, 0.1) is 0 Å². The van der Waals surface area contributed by atoms with Gasteiger partial charge in [-0.15, -0.1) is 0 Å². The van der Waals surface area contributed by atoms with E-state index < -0.39 is 6.09 Å². The zero-order valence-electron chi connectivity index (χ0n) is 7.86. The number of hydrogen-bond acceptors (Lipinski definition) is 2. The van der Waals surface area contributed by atoms with Crippen molar-refractivity contribution in [3.8, 4) is 0 Å². The maximum absolute atomic E-state index is 11.0. The van der Waals surface area contributed by atoms with E-state index in [0.717, 1.165) is 0 Å². The van der Waals surface area contributed by atoms with Crippen molar-refractivity contribution in [2.45, 2.75) is 19.9 Å². The summed E-state index contributed by atoms with van der Waals surface area (Å²) in [6.07, 6.45) is -0.907. The number of carboxylic acid groups (broad SMARTS) is 1. The Bertz CT molecular complexity index is 229. The Morgan fingerprint density at radius 1 is 1.38 bits per heavy atom. The van der Waals surface area contributed by atoms with Crippen LogP contribution in [0.25, 0.3) is 0 Å². The smallest absolute Gasteiger partial charge is 0.407 e. The van der Waals surface area contributed by atoms with Gasteiger partial charge in [0.1, 0.15) is 0 Å². The van der Waals surface area contributed by atoms with Crippen molar-refractivity contribution < 1.29 is 14.7 Å². The molecule has 1 aliphatic rings. The molecule has 0 aromatic heterocycles. The molecule has 0 aromatic carbocycles. The molecule has 5 nitrogen and oxygen atoms in total. The summed E-state index contributed by atoms with van der Waals surface area (Å²) < 4.78 is 0. The van der Waals surface area contributed by atoms with Crippen LogP contribution in [-0.4, -0.2) is 52.6 Å². The van der Waals surface area contributed by atoms with Crippen molar-refractivity contribution in [2.75, 3.05) is 19.6 Å². The van der Waals surface area contributed by atoms with Gasteiger partial charge in [0.25, 0.3) is 0 Å². The Hall–Kier alpha value is -1.26. The molecule has 1 rings (SSSR count). The third-order valence-corrected chi connectivity index (χ3v) is 2.32. The second kappa shape index (κ2) is 3.64. The molecule has 0 saturated carbocycles. The van der Waals surface area contributed by atoms with Crippen molar-refractivity contribution in [2.24, 2.45) is 0 Å². The highest BCUT2D eigenvalue weighted by Gasteiger charge is 2.27. The molecule has 1 heterocycles. The second-order valence-corrected chi connectivity index (χ2v) is 3.29. The summed E-state index contributed by atoms with van der Waals surface area (Å²) in [7, 11) is 0. The molecule has 13 heavy (non-hydrogen) atoms. The lowest BCUT2D eigenvalue weighted by Crippen LogP contribution is -2.54. The Balaban J connectivity index is 2.56. The summed E-state index contributed by atoms with van der Waals surface area (Å²) >= 11 is 0. The van der Waals surface area contributed by atoms with Gasteiger partial charge in [-0.1, -0.05) is 0 Å². The predicted molar refractivity (Wildman–Crippen MR) is 46.4 cm³/mol. The zero-order chi connectivity index (χ0) is 10.0. The van der Waals surface area contributed by atoms with Crippen molar-refractivity contribution >= 4 is 12.0 Å². The van der Waals surface area contributed by atoms with Gasteiger partial charge in [0.15, 0.2) is 0 Å². The SMILES string of the molecule is CC(=O)N1CCN(C(=O)O)C(C)C1. The van der Waals surface area contributed by atoms with Gasteiger partial charge >= 0.3 is 6.09 Å². The molecule has 1 saturated heterocycles. The molecule has 0 radical (unpaired) electrons. The molecular weight excluding hydrogens is 172 g/mol. The van der Waals surface area contributed by atoms with E-state index in [1.807, 2.05) is 6.92 Å². The van der Waals surface area contributed by atoms with Crippen LogP contribution in [0.4, 0.5) is 4.79 Å². The second-order valence-electron chi connectivity index (χ2n) is 3.29.